The van der Waals surface area contributed by atoms with Crippen LogP contribution < -0.4 is 0 Å². The number of nitrogens with zero attached hydrogens (tertiary/aromatic N) is 1. The van der Waals surface area contributed by atoms with Gasteiger partial charge in [0, 0.05) is 6.42 Å². The third-order valence-corrected chi connectivity index (χ3v) is 1.65. The van der Waals surface area contributed by atoms with Crippen LogP contribution in [0.25, 0.3) is 0 Å². The molecule has 0 rings (SSSR count). The van der Waals surface area contributed by atoms with Gasteiger partial charge in [0.15, 0.2) is 5.71 Å². The number of carbonyl (C=O) groups is 1. The van der Waals surface area contributed by atoms with E-state index in [2.05, 4.69) is 30.7 Å². The maximum Gasteiger partial charge on any atom is 0.355 e. The van der Waals surface area contributed by atoms with Gasteiger partial charge in [-0.1, -0.05) is 25.9 Å². The maximum atomic E-state index is 10.9. The van der Waals surface area contributed by atoms with Crippen molar-refractivity contribution in [3.05, 3.63) is 0 Å². The van der Waals surface area contributed by atoms with Gasteiger partial charge in [0.25, 0.3) is 0 Å². The molecule has 76 valence electrons. The second-order valence-electron chi connectivity index (χ2n) is 4.10. The van der Waals surface area contributed by atoms with E-state index in [0.717, 1.165) is 6.42 Å². The number of hydrogen-bond donors (Lipinski definition) is 1. The Morgan fingerprint density at radius 1 is 1.46 bits per heavy atom. The van der Waals surface area contributed by atoms with Crippen LogP contribution in [0, 0.1) is 5.41 Å². The minimum atomic E-state index is -0.563. The molecule has 4 nitrogen and oxygen atoms in total. The van der Waals surface area contributed by atoms with E-state index in [1.165, 1.54) is 7.11 Å². The molecule has 0 fully saturated rings. The van der Waals surface area contributed by atoms with Gasteiger partial charge in [-0.05, 0) is 11.8 Å². The van der Waals surface area contributed by atoms with Crippen LogP contribution in [0.15, 0.2) is 5.16 Å². The molecule has 0 aromatic rings. The fourth-order valence-corrected chi connectivity index (χ4v) is 0.804. The first-order valence-electron chi connectivity index (χ1n) is 4.20. The third kappa shape index (κ3) is 5.22. The summed E-state index contributed by atoms with van der Waals surface area (Å²) in [5, 5.41) is 11.4. The summed E-state index contributed by atoms with van der Waals surface area (Å²) in [7, 11) is 1.27. The highest BCUT2D eigenvalue weighted by atomic mass is 16.5. The van der Waals surface area contributed by atoms with Gasteiger partial charge in [-0.2, -0.15) is 0 Å². The standard InChI is InChI=1S/C9H17NO3/c1-9(2,3)6-5-7(10-12)8(11)13-4/h12H,5-6H2,1-4H3/b10-7-. The van der Waals surface area contributed by atoms with Crippen LogP contribution in [-0.4, -0.2) is 24.0 Å². The summed E-state index contributed by atoms with van der Waals surface area (Å²) in [5.41, 5.74) is 0.196. The summed E-state index contributed by atoms with van der Waals surface area (Å²) >= 11 is 0. The summed E-state index contributed by atoms with van der Waals surface area (Å²) < 4.78 is 4.44. The first-order chi connectivity index (χ1) is 5.90. The van der Waals surface area contributed by atoms with Crippen molar-refractivity contribution in [2.75, 3.05) is 7.11 Å². The molecule has 13 heavy (non-hydrogen) atoms. The highest BCUT2D eigenvalue weighted by Gasteiger charge is 2.17. The second-order valence-corrected chi connectivity index (χ2v) is 4.10. The molecule has 0 saturated carbocycles. The molecule has 0 spiro atoms. The quantitative estimate of drug-likeness (QED) is 0.317. The van der Waals surface area contributed by atoms with Gasteiger partial charge in [-0.25, -0.2) is 4.79 Å². The molecule has 0 aliphatic rings. The fourth-order valence-electron chi connectivity index (χ4n) is 0.804. The SMILES string of the molecule is COC(=O)/C(CCC(C)(C)C)=N\O. The third-order valence-electron chi connectivity index (χ3n) is 1.65. The van der Waals surface area contributed by atoms with Crippen molar-refractivity contribution in [2.45, 2.75) is 33.6 Å². The molecule has 0 bridgehead atoms. The van der Waals surface area contributed by atoms with E-state index in [4.69, 9.17) is 5.21 Å². The zero-order chi connectivity index (χ0) is 10.5. The maximum absolute atomic E-state index is 10.9. The second kappa shape index (κ2) is 4.84. The molecule has 0 aromatic heterocycles. The largest absolute Gasteiger partial charge is 0.464 e. The summed E-state index contributed by atoms with van der Waals surface area (Å²) in [4.78, 5) is 10.9. The Balaban J connectivity index is 4.10. The van der Waals surface area contributed by atoms with Gasteiger partial charge in [-0.15, -0.1) is 0 Å². The highest BCUT2D eigenvalue weighted by Crippen LogP contribution is 2.20. The lowest BCUT2D eigenvalue weighted by Gasteiger charge is -2.17. The smallest absolute Gasteiger partial charge is 0.355 e. The minimum Gasteiger partial charge on any atom is -0.464 e. The number of oxime groups is 1. The molecule has 1 N–H and O–H groups in total. The molecular formula is C9H17NO3. The van der Waals surface area contributed by atoms with Crippen LogP contribution in [0.4, 0.5) is 0 Å². The number of hydrogen-bond acceptors (Lipinski definition) is 4. The van der Waals surface area contributed by atoms with E-state index in [1.807, 2.05) is 0 Å². The number of rotatable bonds is 3. The monoisotopic (exact) mass is 187 g/mol. The molecule has 0 radical (unpaired) electrons. The van der Waals surface area contributed by atoms with Crippen LogP contribution in [-0.2, 0) is 9.53 Å². The Hall–Kier alpha value is -1.06. The summed E-state index contributed by atoms with van der Waals surface area (Å²) in [6.07, 6.45) is 1.22. The summed E-state index contributed by atoms with van der Waals surface area (Å²) in [6.45, 7) is 6.16. The van der Waals surface area contributed by atoms with E-state index in [0.29, 0.717) is 6.42 Å². The van der Waals surface area contributed by atoms with Gasteiger partial charge in [-0.3, -0.25) is 0 Å². The van der Waals surface area contributed by atoms with Gasteiger partial charge < -0.3 is 9.94 Å². The lowest BCUT2D eigenvalue weighted by Crippen LogP contribution is -2.18. The Morgan fingerprint density at radius 2 is 2.00 bits per heavy atom. The summed E-state index contributed by atoms with van der Waals surface area (Å²) in [6, 6.07) is 0. The van der Waals surface area contributed by atoms with E-state index in [1.54, 1.807) is 0 Å². The number of ether oxygens (including phenoxy) is 1. The first-order valence-corrected chi connectivity index (χ1v) is 4.20. The molecule has 0 aromatic carbocycles. The zero-order valence-electron chi connectivity index (χ0n) is 8.63. The average Bonchev–Trinajstić information content (AvgIpc) is 2.03. The lowest BCUT2D eigenvalue weighted by molar-refractivity contribution is -0.133. The molecule has 0 heterocycles. The topological polar surface area (TPSA) is 58.9 Å². The molecule has 0 atom stereocenters. The van der Waals surface area contributed by atoms with Crippen LogP contribution in [0.1, 0.15) is 33.6 Å². The van der Waals surface area contributed by atoms with Crippen molar-refractivity contribution in [3.63, 3.8) is 0 Å². The number of esters is 1. The molecular weight excluding hydrogens is 170 g/mol. The van der Waals surface area contributed by atoms with Gasteiger partial charge in [0.05, 0.1) is 7.11 Å². The van der Waals surface area contributed by atoms with Crippen molar-refractivity contribution in [1.82, 2.24) is 0 Å². The van der Waals surface area contributed by atoms with E-state index in [9.17, 15) is 4.79 Å². The normalized spacial score (nSPS) is 12.8. The van der Waals surface area contributed by atoms with Crippen molar-refractivity contribution in [2.24, 2.45) is 10.6 Å². The molecule has 0 aliphatic heterocycles. The molecule has 0 unspecified atom stereocenters. The van der Waals surface area contributed by atoms with Crippen molar-refractivity contribution >= 4 is 11.7 Å². The van der Waals surface area contributed by atoms with Crippen LogP contribution in [0.5, 0.6) is 0 Å². The van der Waals surface area contributed by atoms with Crippen LogP contribution in [0.3, 0.4) is 0 Å². The van der Waals surface area contributed by atoms with E-state index < -0.39 is 5.97 Å². The van der Waals surface area contributed by atoms with Crippen molar-refractivity contribution < 1.29 is 14.7 Å². The Bertz CT molecular complexity index is 203. The summed E-state index contributed by atoms with van der Waals surface area (Å²) in [5.74, 6) is -0.563. The van der Waals surface area contributed by atoms with Crippen molar-refractivity contribution in [1.29, 1.82) is 0 Å². The predicted molar refractivity (Wildman–Crippen MR) is 49.9 cm³/mol. The fraction of sp³-hybridized carbons (Fsp3) is 0.778. The van der Waals surface area contributed by atoms with Gasteiger partial charge >= 0.3 is 5.97 Å². The Labute approximate surface area is 78.6 Å². The van der Waals surface area contributed by atoms with Gasteiger partial charge in [0.2, 0.25) is 0 Å². The number of carbonyl (C=O) groups excluding carboxylic acids is 1. The Kier molecular flexibility index (Phi) is 4.45. The minimum absolute atomic E-state index is 0.0809. The van der Waals surface area contributed by atoms with Gasteiger partial charge in [0.1, 0.15) is 0 Å². The highest BCUT2D eigenvalue weighted by molar-refractivity contribution is 6.36. The molecule has 0 aliphatic carbocycles. The van der Waals surface area contributed by atoms with Crippen LogP contribution in [0.2, 0.25) is 0 Å². The first kappa shape index (κ1) is 11.9. The van der Waals surface area contributed by atoms with E-state index in [-0.39, 0.29) is 11.1 Å². The Morgan fingerprint density at radius 3 is 2.31 bits per heavy atom. The zero-order valence-corrected chi connectivity index (χ0v) is 8.63. The van der Waals surface area contributed by atoms with Crippen molar-refractivity contribution in [3.8, 4) is 0 Å². The van der Waals surface area contributed by atoms with E-state index >= 15 is 0 Å². The molecule has 4 heteroatoms. The molecule has 0 amide bonds. The average molecular weight is 187 g/mol. The van der Waals surface area contributed by atoms with Crippen LogP contribution >= 0.6 is 0 Å². The predicted octanol–water partition coefficient (Wildman–Crippen LogP) is 1.82. The molecule has 0 saturated heterocycles. The lowest BCUT2D eigenvalue weighted by atomic mass is 9.89. The number of methoxy groups -OCH3 is 1.